The van der Waals surface area contributed by atoms with Crippen LogP contribution in [0.2, 0.25) is 0 Å². The van der Waals surface area contributed by atoms with Gasteiger partial charge in [-0.2, -0.15) is 0 Å². The SMILES string of the molecule is CC(C)C[C@H]1C[C@@H](C(=O)NCc2ccccc2)[C@]2(N1)C(=O)Nc1ccccc12. The highest BCUT2D eigenvalue weighted by molar-refractivity contribution is 6.09. The molecule has 0 aromatic heterocycles. The van der Waals surface area contributed by atoms with Crippen molar-refractivity contribution in [1.82, 2.24) is 10.6 Å². The van der Waals surface area contributed by atoms with Crippen molar-refractivity contribution in [3.63, 3.8) is 0 Å². The summed E-state index contributed by atoms with van der Waals surface area (Å²) >= 11 is 0. The first kappa shape index (κ1) is 18.7. The number of rotatable bonds is 5. The van der Waals surface area contributed by atoms with Gasteiger partial charge in [0, 0.05) is 23.8 Å². The number of hydrogen-bond donors (Lipinski definition) is 3. The van der Waals surface area contributed by atoms with Crippen LogP contribution in [0.5, 0.6) is 0 Å². The highest BCUT2D eigenvalue weighted by Gasteiger charge is 2.59. The zero-order valence-corrected chi connectivity index (χ0v) is 16.4. The van der Waals surface area contributed by atoms with Crippen LogP contribution in [0.1, 0.15) is 37.8 Å². The number of nitrogens with one attached hydrogen (secondary N) is 3. The lowest BCUT2D eigenvalue weighted by Gasteiger charge is -2.29. The van der Waals surface area contributed by atoms with Crippen LogP contribution < -0.4 is 16.0 Å². The molecule has 0 unspecified atom stereocenters. The third-order valence-corrected chi connectivity index (χ3v) is 5.81. The number of carbonyl (C=O) groups excluding carboxylic acids is 2. The first-order valence-electron chi connectivity index (χ1n) is 10.0. The molecule has 2 aliphatic rings. The molecule has 3 N–H and O–H groups in total. The third-order valence-electron chi connectivity index (χ3n) is 5.81. The minimum Gasteiger partial charge on any atom is -0.352 e. The first-order valence-corrected chi connectivity index (χ1v) is 10.0. The molecular formula is C23H27N3O2. The molecule has 2 aromatic carbocycles. The van der Waals surface area contributed by atoms with Crippen LogP contribution in [-0.2, 0) is 21.7 Å². The summed E-state index contributed by atoms with van der Waals surface area (Å²) < 4.78 is 0. The Kier molecular flexibility index (Phi) is 4.94. The van der Waals surface area contributed by atoms with Gasteiger partial charge in [-0.25, -0.2) is 0 Å². The maximum absolute atomic E-state index is 13.2. The van der Waals surface area contributed by atoms with Crippen LogP contribution in [0.3, 0.4) is 0 Å². The van der Waals surface area contributed by atoms with E-state index in [1.165, 1.54) is 0 Å². The first-order chi connectivity index (χ1) is 13.5. The molecule has 2 aliphatic heterocycles. The molecule has 2 aromatic rings. The summed E-state index contributed by atoms with van der Waals surface area (Å²) in [7, 11) is 0. The van der Waals surface area contributed by atoms with Crippen LogP contribution in [0.15, 0.2) is 54.6 Å². The van der Waals surface area contributed by atoms with E-state index >= 15 is 0 Å². The number of hydrogen-bond acceptors (Lipinski definition) is 3. The highest BCUT2D eigenvalue weighted by atomic mass is 16.2. The fourth-order valence-corrected chi connectivity index (χ4v) is 4.65. The molecule has 0 saturated carbocycles. The Hall–Kier alpha value is -2.66. The lowest BCUT2D eigenvalue weighted by atomic mass is 9.79. The van der Waals surface area contributed by atoms with Crippen molar-refractivity contribution >= 4 is 17.5 Å². The molecule has 1 saturated heterocycles. The lowest BCUT2D eigenvalue weighted by Crippen LogP contribution is -2.53. The molecule has 0 radical (unpaired) electrons. The number of anilines is 1. The summed E-state index contributed by atoms with van der Waals surface area (Å²) in [5, 5.41) is 9.60. The molecule has 2 heterocycles. The Labute approximate surface area is 165 Å². The van der Waals surface area contributed by atoms with E-state index in [1.54, 1.807) is 0 Å². The van der Waals surface area contributed by atoms with E-state index in [2.05, 4.69) is 29.8 Å². The maximum atomic E-state index is 13.2. The molecule has 0 bridgehead atoms. The van der Waals surface area contributed by atoms with Crippen molar-refractivity contribution in [3.05, 3.63) is 65.7 Å². The number of benzene rings is 2. The quantitative estimate of drug-likeness (QED) is 0.750. The molecule has 5 heteroatoms. The third kappa shape index (κ3) is 3.20. The normalized spacial score (nSPS) is 25.8. The predicted octanol–water partition coefficient (Wildman–Crippen LogP) is 3.17. The van der Waals surface area contributed by atoms with Gasteiger partial charge in [0.05, 0.1) is 5.92 Å². The van der Waals surface area contributed by atoms with E-state index in [9.17, 15) is 9.59 Å². The number of para-hydroxylation sites is 1. The monoisotopic (exact) mass is 377 g/mol. The minimum atomic E-state index is -0.989. The molecule has 3 atom stereocenters. The molecule has 1 fully saturated rings. The van der Waals surface area contributed by atoms with Crippen LogP contribution in [-0.4, -0.2) is 17.9 Å². The number of carbonyl (C=O) groups is 2. The van der Waals surface area contributed by atoms with Gasteiger partial charge in [-0.1, -0.05) is 62.4 Å². The second-order valence-corrected chi connectivity index (χ2v) is 8.27. The summed E-state index contributed by atoms with van der Waals surface area (Å²) in [4.78, 5) is 26.4. The molecule has 5 nitrogen and oxygen atoms in total. The molecule has 28 heavy (non-hydrogen) atoms. The molecule has 0 aliphatic carbocycles. The van der Waals surface area contributed by atoms with Crippen molar-refractivity contribution in [2.75, 3.05) is 5.32 Å². The van der Waals surface area contributed by atoms with Crippen molar-refractivity contribution in [2.45, 2.75) is 44.8 Å². The number of amides is 2. The van der Waals surface area contributed by atoms with Crippen LogP contribution >= 0.6 is 0 Å². The summed E-state index contributed by atoms with van der Waals surface area (Å²) in [6, 6.07) is 17.7. The topological polar surface area (TPSA) is 70.2 Å². The Balaban J connectivity index is 1.63. The van der Waals surface area contributed by atoms with E-state index in [0.717, 1.165) is 23.2 Å². The second-order valence-electron chi connectivity index (χ2n) is 8.27. The van der Waals surface area contributed by atoms with E-state index in [4.69, 9.17) is 0 Å². The van der Waals surface area contributed by atoms with Crippen LogP contribution in [0, 0.1) is 11.8 Å². The summed E-state index contributed by atoms with van der Waals surface area (Å²) in [5.74, 6) is -0.154. The predicted molar refractivity (Wildman–Crippen MR) is 110 cm³/mol. The van der Waals surface area contributed by atoms with Crippen LogP contribution in [0.25, 0.3) is 0 Å². The van der Waals surface area contributed by atoms with Gasteiger partial charge in [0.25, 0.3) is 0 Å². The summed E-state index contributed by atoms with van der Waals surface area (Å²) in [6.07, 6.45) is 1.58. The van der Waals surface area contributed by atoms with Gasteiger partial charge in [0.2, 0.25) is 11.8 Å². The standard InChI is InChI=1S/C23H27N3O2/c1-15(2)12-17-13-19(21(27)24-14-16-8-4-3-5-9-16)23(26-17)18-10-6-7-11-20(18)25-22(23)28/h3-11,15,17,19,26H,12-14H2,1-2H3,(H,24,27)(H,25,28)/t17-,19-,23-/m0/s1. The maximum Gasteiger partial charge on any atom is 0.250 e. The van der Waals surface area contributed by atoms with Crippen molar-refractivity contribution in [2.24, 2.45) is 11.8 Å². The Bertz CT molecular complexity index is 880. The Morgan fingerprint density at radius 2 is 1.86 bits per heavy atom. The van der Waals surface area contributed by atoms with Crippen molar-refractivity contribution in [1.29, 1.82) is 0 Å². The average molecular weight is 377 g/mol. The summed E-state index contributed by atoms with van der Waals surface area (Å²) in [5.41, 5.74) is 1.74. The van der Waals surface area contributed by atoms with E-state index in [1.807, 2.05) is 54.6 Å². The van der Waals surface area contributed by atoms with Gasteiger partial charge in [-0.05, 0) is 30.4 Å². The van der Waals surface area contributed by atoms with Crippen molar-refractivity contribution < 1.29 is 9.59 Å². The fraction of sp³-hybridized carbons (Fsp3) is 0.391. The van der Waals surface area contributed by atoms with Gasteiger partial charge < -0.3 is 10.6 Å². The minimum absolute atomic E-state index is 0.0746. The second kappa shape index (κ2) is 7.40. The molecule has 4 rings (SSSR count). The molecule has 1 spiro atoms. The smallest absolute Gasteiger partial charge is 0.250 e. The Morgan fingerprint density at radius 3 is 2.61 bits per heavy atom. The number of fused-ring (bicyclic) bond motifs is 2. The molecule has 146 valence electrons. The summed E-state index contributed by atoms with van der Waals surface area (Å²) in [6.45, 7) is 4.80. The molecular weight excluding hydrogens is 350 g/mol. The fourth-order valence-electron chi connectivity index (χ4n) is 4.65. The van der Waals surface area contributed by atoms with Gasteiger partial charge in [0.1, 0.15) is 5.54 Å². The largest absolute Gasteiger partial charge is 0.352 e. The van der Waals surface area contributed by atoms with Crippen LogP contribution in [0.4, 0.5) is 5.69 Å². The van der Waals surface area contributed by atoms with Gasteiger partial charge in [0.15, 0.2) is 0 Å². The molecule has 2 amide bonds. The van der Waals surface area contributed by atoms with E-state index in [0.29, 0.717) is 18.9 Å². The lowest BCUT2D eigenvalue weighted by molar-refractivity contribution is -0.133. The van der Waals surface area contributed by atoms with E-state index in [-0.39, 0.29) is 17.9 Å². The zero-order chi connectivity index (χ0) is 19.7. The highest BCUT2D eigenvalue weighted by Crippen LogP contribution is 2.47. The zero-order valence-electron chi connectivity index (χ0n) is 16.4. The van der Waals surface area contributed by atoms with Gasteiger partial charge in [-0.15, -0.1) is 0 Å². The van der Waals surface area contributed by atoms with Crippen molar-refractivity contribution in [3.8, 4) is 0 Å². The Morgan fingerprint density at radius 1 is 1.14 bits per heavy atom. The van der Waals surface area contributed by atoms with Gasteiger partial charge in [-0.3, -0.25) is 14.9 Å². The average Bonchev–Trinajstić information content (AvgIpc) is 3.19. The van der Waals surface area contributed by atoms with E-state index < -0.39 is 11.5 Å². The van der Waals surface area contributed by atoms with Gasteiger partial charge >= 0.3 is 0 Å².